The number of nitriles is 1. The van der Waals surface area contributed by atoms with Crippen LogP contribution in [0.15, 0.2) is 48.5 Å². The van der Waals surface area contributed by atoms with Crippen LogP contribution in [-0.2, 0) is 0 Å². The second kappa shape index (κ2) is 7.16. The van der Waals surface area contributed by atoms with Gasteiger partial charge in [-0.1, -0.05) is 12.1 Å². The molecule has 2 aromatic rings. The summed E-state index contributed by atoms with van der Waals surface area (Å²) in [6.45, 7) is 1.54. The zero-order valence-electron chi connectivity index (χ0n) is 13.3. The first-order valence-electron chi connectivity index (χ1n) is 8.01. The van der Waals surface area contributed by atoms with Crippen LogP contribution in [0.25, 0.3) is 0 Å². The van der Waals surface area contributed by atoms with E-state index in [-0.39, 0.29) is 12.0 Å². The van der Waals surface area contributed by atoms with Gasteiger partial charge in [0.1, 0.15) is 0 Å². The number of aliphatic hydroxyl groups excluding tert-OH is 1. The van der Waals surface area contributed by atoms with E-state index in [2.05, 4.69) is 10.2 Å². The molecule has 1 amide bonds. The maximum absolute atomic E-state index is 12.4. The van der Waals surface area contributed by atoms with E-state index in [9.17, 15) is 9.90 Å². The number of rotatable bonds is 3. The lowest BCUT2D eigenvalue weighted by Crippen LogP contribution is -2.36. The summed E-state index contributed by atoms with van der Waals surface area (Å²) in [6.07, 6.45) is 1.23. The Balaban J connectivity index is 1.77. The summed E-state index contributed by atoms with van der Waals surface area (Å²) in [4.78, 5) is 14.6. The fraction of sp³-hybridized carbons (Fsp3) is 0.263. The Labute approximate surface area is 141 Å². The zero-order chi connectivity index (χ0) is 16.9. The van der Waals surface area contributed by atoms with Crippen LogP contribution in [0.4, 0.5) is 11.4 Å². The number of nitrogens with one attached hydrogen (secondary N) is 1. The number of nitrogens with zero attached hydrogens (tertiary/aromatic N) is 2. The van der Waals surface area contributed by atoms with Crippen molar-refractivity contribution in [2.75, 3.05) is 23.3 Å². The third-order valence-electron chi connectivity index (χ3n) is 4.23. The van der Waals surface area contributed by atoms with Crippen molar-refractivity contribution in [3.8, 4) is 6.07 Å². The molecule has 3 rings (SSSR count). The molecule has 5 heteroatoms. The summed E-state index contributed by atoms with van der Waals surface area (Å²) in [7, 11) is 0. The van der Waals surface area contributed by atoms with Gasteiger partial charge in [0.15, 0.2) is 0 Å². The van der Waals surface area contributed by atoms with Gasteiger partial charge in [-0.2, -0.15) is 5.26 Å². The van der Waals surface area contributed by atoms with E-state index in [0.717, 1.165) is 37.3 Å². The summed E-state index contributed by atoms with van der Waals surface area (Å²) >= 11 is 0. The molecular formula is C19H19N3O2. The van der Waals surface area contributed by atoms with Crippen LogP contribution in [0, 0.1) is 11.3 Å². The van der Waals surface area contributed by atoms with E-state index in [1.807, 2.05) is 30.3 Å². The minimum atomic E-state index is -0.235. The standard InChI is InChI=1S/C19H19N3O2/c20-13-14-5-7-15(8-6-14)19(24)21-17-3-1-2-4-18(17)22-11-9-16(23)10-12-22/h1-8,16,23H,9-12H2,(H,21,24). The monoisotopic (exact) mass is 321 g/mol. The minimum Gasteiger partial charge on any atom is -0.393 e. The fourth-order valence-electron chi connectivity index (χ4n) is 2.85. The largest absolute Gasteiger partial charge is 0.393 e. The van der Waals surface area contributed by atoms with E-state index in [0.29, 0.717) is 11.1 Å². The highest BCUT2D eigenvalue weighted by molar-refractivity contribution is 6.06. The maximum atomic E-state index is 12.4. The summed E-state index contributed by atoms with van der Waals surface area (Å²) < 4.78 is 0. The minimum absolute atomic E-state index is 0.205. The van der Waals surface area contributed by atoms with Crippen LogP contribution < -0.4 is 10.2 Å². The molecule has 0 unspecified atom stereocenters. The molecule has 2 N–H and O–H groups in total. The van der Waals surface area contributed by atoms with Gasteiger partial charge in [0.05, 0.1) is 29.1 Å². The van der Waals surface area contributed by atoms with Crippen molar-refractivity contribution in [1.82, 2.24) is 0 Å². The topological polar surface area (TPSA) is 76.4 Å². The lowest BCUT2D eigenvalue weighted by atomic mass is 10.1. The molecule has 1 aliphatic heterocycles. The molecule has 1 fully saturated rings. The van der Waals surface area contributed by atoms with Crippen molar-refractivity contribution in [3.05, 3.63) is 59.7 Å². The number of para-hydroxylation sites is 2. The third-order valence-corrected chi connectivity index (χ3v) is 4.23. The van der Waals surface area contributed by atoms with Crippen molar-refractivity contribution in [1.29, 1.82) is 5.26 Å². The molecule has 122 valence electrons. The zero-order valence-corrected chi connectivity index (χ0v) is 13.3. The van der Waals surface area contributed by atoms with Crippen LogP contribution in [0.5, 0.6) is 0 Å². The number of anilines is 2. The molecule has 24 heavy (non-hydrogen) atoms. The normalized spacial score (nSPS) is 14.9. The van der Waals surface area contributed by atoms with E-state index in [1.54, 1.807) is 24.3 Å². The van der Waals surface area contributed by atoms with Crippen molar-refractivity contribution < 1.29 is 9.90 Å². The molecule has 1 aliphatic rings. The molecule has 2 aromatic carbocycles. The Bertz CT molecular complexity index is 757. The molecule has 5 nitrogen and oxygen atoms in total. The number of aliphatic hydroxyl groups is 1. The summed E-state index contributed by atoms with van der Waals surface area (Å²) in [6, 6.07) is 16.3. The SMILES string of the molecule is N#Cc1ccc(C(=O)Nc2ccccc2N2CCC(O)CC2)cc1. The number of amides is 1. The van der Waals surface area contributed by atoms with Crippen LogP contribution in [0.2, 0.25) is 0 Å². The quantitative estimate of drug-likeness (QED) is 0.911. The molecule has 0 saturated carbocycles. The van der Waals surface area contributed by atoms with Crippen molar-refractivity contribution in [3.63, 3.8) is 0 Å². The number of piperidine rings is 1. The Morgan fingerprint density at radius 3 is 2.46 bits per heavy atom. The summed E-state index contributed by atoms with van der Waals surface area (Å²) in [5.41, 5.74) is 2.76. The molecule has 1 heterocycles. The van der Waals surface area contributed by atoms with Gasteiger partial charge in [0, 0.05) is 18.7 Å². The molecule has 0 aromatic heterocycles. The molecule has 0 spiro atoms. The second-order valence-electron chi connectivity index (χ2n) is 5.88. The van der Waals surface area contributed by atoms with Crippen LogP contribution >= 0.6 is 0 Å². The van der Waals surface area contributed by atoms with Gasteiger partial charge in [-0.25, -0.2) is 0 Å². The van der Waals surface area contributed by atoms with Gasteiger partial charge in [0.2, 0.25) is 0 Å². The van der Waals surface area contributed by atoms with Crippen LogP contribution in [0.1, 0.15) is 28.8 Å². The van der Waals surface area contributed by atoms with Crippen molar-refractivity contribution >= 4 is 17.3 Å². The molecule has 1 saturated heterocycles. The highest BCUT2D eigenvalue weighted by Crippen LogP contribution is 2.28. The molecule has 0 radical (unpaired) electrons. The number of hydrogen-bond acceptors (Lipinski definition) is 4. The van der Waals surface area contributed by atoms with Gasteiger partial charge in [-0.05, 0) is 49.2 Å². The van der Waals surface area contributed by atoms with E-state index in [1.165, 1.54) is 0 Å². The third kappa shape index (κ3) is 3.55. The van der Waals surface area contributed by atoms with E-state index < -0.39 is 0 Å². The Hall–Kier alpha value is -2.84. The maximum Gasteiger partial charge on any atom is 0.255 e. The number of carbonyl (C=O) groups excluding carboxylic acids is 1. The Morgan fingerprint density at radius 2 is 1.79 bits per heavy atom. The molecular weight excluding hydrogens is 302 g/mol. The summed E-state index contributed by atoms with van der Waals surface area (Å²) in [5.74, 6) is -0.205. The van der Waals surface area contributed by atoms with Crippen molar-refractivity contribution in [2.45, 2.75) is 18.9 Å². The number of carbonyl (C=O) groups is 1. The highest BCUT2D eigenvalue weighted by Gasteiger charge is 2.20. The van der Waals surface area contributed by atoms with Crippen molar-refractivity contribution in [2.24, 2.45) is 0 Å². The molecule has 0 aliphatic carbocycles. The second-order valence-corrected chi connectivity index (χ2v) is 5.88. The van der Waals surface area contributed by atoms with E-state index >= 15 is 0 Å². The fourth-order valence-corrected chi connectivity index (χ4v) is 2.85. The smallest absolute Gasteiger partial charge is 0.255 e. The van der Waals surface area contributed by atoms with Gasteiger partial charge in [0.25, 0.3) is 5.91 Å². The van der Waals surface area contributed by atoms with Gasteiger partial charge in [-0.3, -0.25) is 4.79 Å². The summed E-state index contributed by atoms with van der Waals surface area (Å²) in [5, 5.41) is 21.4. The van der Waals surface area contributed by atoms with E-state index in [4.69, 9.17) is 5.26 Å². The number of benzene rings is 2. The predicted octanol–water partition coefficient (Wildman–Crippen LogP) is 2.77. The highest BCUT2D eigenvalue weighted by atomic mass is 16.3. The lowest BCUT2D eigenvalue weighted by Gasteiger charge is -2.32. The van der Waals surface area contributed by atoms with Gasteiger partial charge >= 0.3 is 0 Å². The van der Waals surface area contributed by atoms with Crippen LogP contribution in [0.3, 0.4) is 0 Å². The first kappa shape index (κ1) is 16.0. The first-order valence-corrected chi connectivity index (χ1v) is 8.01. The van der Waals surface area contributed by atoms with Crippen LogP contribution in [-0.4, -0.2) is 30.2 Å². The Morgan fingerprint density at radius 1 is 1.12 bits per heavy atom. The number of hydrogen-bond donors (Lipinski definition) is 2. The van der Waals surface area contributed by atoms with Gasteiger partial charge < -0.3 is 15.3 Å². The average molecular weight is 321 g/mol. The first-order chi connectivity index (χ1) is 11.7. The Kier molecular flexibility index (Phi) is 4.78. The molecule has 0 atom stereocenters. The predicted molar refractivity (Wildman–Crippen MR) is 93.0 cm³/mol. The average Bonchev–Trinajstić information content (AvgIpc) is 2.63. The lowest BCUT2D eigenvalue weighted by molar-refractivity contribution is 0.102. The van der Waals surface area contributed by atoms with Gasteiger partial charge in [-0.15, -0.1) is 0 Å². The molecule has 0 bridgehead atoms.